The van der Waals surface area contributed by atoms with Crippen molar-refractivity contribution in [2.24, 2.45) is 7.05 Å². The summed E-state index contributed by atoms with van der Waals surface area (Å²) in [5, 5.41) is 8.75. The fraction of sp³-hybridized carbons (Fsp3) is 0.211. The van der Waals surface area contributed by atoms with Gasteiger partial charge in [-0.3, -0.25) is 4.79 Å². The van der Waals surface area contributed by atoms with Crippen LogP contribution in [0.5, 0.6) is 5.75 Å². The summed E-state index contributed by atoms with van der Waals surface area (Å²) in [6, 6.07) is 15.5. The SMILES string of the molecule is COc1cccc(NC(=O)[C@H](Sc2nnc(C(F)(F)F)n2C)c2ccccc2)c1. The van der Waals surface area contributed by atoms with Gasteiger partial charge in [0.2, 0.25) is 11.7 Å². The maximum Gasteiger partial charge on any atom is 0.451 e. The molecule has 1 heterocycles. The number of thioether (sulfide) groups is 1. The minimum Gasteiger partial charge on any atom is -0.497 e. The molecule has 1 atom stereocenters. The summed E-state index contributed by atoms with van der Waals surface area (Å²) in [5.41, 5.74) is 1.12. The number of carbonyl (C=O) groups is 1. The van der Waals surface area contributed by atoms with Gasteiger partial charge in [-0.15, -0.1) is 10.2 Å². The number of hydrogen-bond acceptors (Lipinski definition) is 5. The standard InChI is InChI=1S/C19H17F3N4O2S/c1-26-17(19(20,21)22)24-25-18(26)29-15(12-7-4-3-5-8-12)16(27)23-13-9-6-10-14(11-13)28-2/h3-11,15H,1-2H3,(H,23,27)/t15-/m1/s1. The highest BCUT2D eigenvalue weighted by molar-refractivity contribution is 8.00. The molecule has 1 amide bonds. The number of rotatable bonds is 6. The van der Waals surface area contributed by atoms with Crippen molar-refractivity contribution in [1.29, 1.82) is 0 Å². The van der Waals surface area contributed by atoms with Gasteiger partial charge < -0.3 is 14.6 Å². The van der Waals surface area contributed by atoms with E-state index >= 15 is 0 Å². The minimum absolute atomic E-state index is 0.0213. The van der Waals surface area contributed by atoms with Crippen molar-refractivity contribution in [3.8, 4) is 5.75 Å². The van der Waals surface area contributed by atoms with E-state index in [1.165, 1.54) is 14.2 Å². The third-order valence-electron chi connectivity index (χ3n) is 3.99. The first kappa shape index (κ1) is 20.7. The number of methoxy groups -OCH3 is 1. The number of amides is 1. The van der Waals surface area contributed by atoms with Gasteiger partial charge in [0.15, 0.2) is 5.16 Å². The number of aromatic nitrogens is 3. The third-order valence-corrected chi connectivity index (χ3v) is 5.28. The van der Waals surface area contributed by atoms with Crippen LogP contribution in [0.25, 0.3) is 0 Å². The zero-order valence-electron chi connectivity index (χ0n) is 15.5. The molecule has 0 unspecified atom stereocenters. The molecule has 3 aromatic rings. The Hall–Kier alpha value is -3.01. The van der Waals surface area contributed by atoms with E-state index in [-0.39, 0.29) is 5.16 Å². The molecular weight excluding hydrogens is 405 g/mol. The van der Waals surface area contributed by atoms with Crippen molar-refractivity contribution in [2.45, 2.75) is 16.6 Å². The van der Waals surface area contributed by atoms with Crippen LogP contribution in [0.1, 0.15) is 16.6 Å². The number of benzene rings is 2. The molecule has 0 aliphatic heterocycles. The minimum atomic E-state index is -4.63. The monoisotopic (exact) mass is 422 g/mol. The van der Waals surface area contributed by atoms with Crippen molar-refractivity contribution in [3.63, 3.8) is 0 Å². The van der Waals surface area contributed by atoms with Crippen LogP contribution in [0.2, 0.25) is 0 Å². The molecule has 0 saturated heterocycles. The van der Waals surface area contributed by atoms with Crippen molar-refractivity contribution < 1.29 is 22.7 Å². The van der Waals surface area contributed by atoms with Crippen molar-refractivity contribution >= 4 is 23.4 Å². The maximum atomic E-state index is 13.0. The van der Waals surface area contributed by atoms with Crippen LogP contribution in [0.15, 0.2) is 59.8 Å². The molecular formula is C19H17F3N4O2S. The number of hydrogen-bond donors (Lipinski definition) is 1. The number of ether oxygens (including phenoxy) is 1. The van der Waals surface area contributed by atoms with E-state index in [0.29, 0.717) is 17.0 Å². The quantitative estimate of drug-likeness (QED) is 0.600. The highest BCUT2D eigenvalue weighted by atomic mass is 32.2. The lowest BCUT2D eigenvalue weighted by Gasteiger charge is -2.17. The summed E-state index contributed by atoms with van der Waals surface area (Å²) < 4.78 is 45.0. The Labute approximate surface area is 169 Å². The first-order valence-electron chi connectivity index (χ1n) is 8.42. The second kappa shape index (κ2) is 8.56. The second-order valence-electron chi connectivity index (χ2n) is 5.99. The Morgan fingerprint density at radius 3 is 2.48 bits per heavy atom. The van der Waals surface area contributed by atoms with Crippen LogP contribution in [0.4, 0.5) is 18.9 Å². The van der Waals surface area contributed by atoms with Gasteiger partial charge in [0, 0.05) is 18.8 Å². The molecule has 0 spiro atoms. The van der Waals surface area contributed by atoms with Gasteiger partial charge >= 0.3 is 6.18 Å². The fourth-order valence-corrected chi connectivity index (χ4v) is 3.58. The van der Waals surface area contributed by atoms with Gasteiger partial charge in [0.05, 0.1) is 7.11 Å². The van der Waals surface area contributed by atoms with Crippen molar-refractivity contribution in [2.75, 3.05) is 12.4 Å². The second-order valence-corrected chi connectivity index (χ2v) is 7.06. The zero-order valence-corrected chi connectivity index (χ0v) is 16.3. The molecule has 152 valence electrons. The van der Waals surface area contributed by atoms with E-state index in [9.17, 15) is 18.0 Å². The average molecular weight is 422 g/mol. The molecule has 2 aromatic carbocycles. The molecule has 29 heavy (non-hydrogen) atoms. The Kier molecular flexibility index (Phi) is 6.12. The van der Waals surface area contributed by atoms with Crippen molar-refractivity contribution in [1.82, 2.24) is 14.8 Å². The van der Waals surface area contributed by atoms with Crippen molar-refractivity contribution in [3.05, 3.63) is 66.0 Å². The molecule has 0 aliphatic carbocycles. The summed E-state index contributed by atoms with van der Waals surface area (Å²) in [4.78, 5) is 13.0. The van der Waals surface area contributed by atoms with E-state index in [4.69, 9.17) is 4.74 Å². The van der Waals surface area contributed by atoms with E-state index in [0.717, 1.165) is 16.3 Å². The summed E-state index contributed by atoms with van der Waals surface area (Å²) in [6.07, 6.45) is -4.63. The summed E-state index contributed by atoms with van der Waals surface area (Å²) >= 11 is 0.889. The molecule has 0 radical (unpaired) electrons. The number of carbonyl (C=O) groups excluding carboxylic acids is 1. The smallest absolute Gasteiger partial charge is 0.451 e. The largest absolute Gasteiger partial charge is 0.497 e. The number of nitrogens with one attached hydrogen (secondary N) is 1. The Morgan fingerprint density at radius 1 is 1.14 bits per heavy atom. The van der Waals surface area contributed by atoms with Crippen LogP contribution >= 0.6 is 11.8 Å². The van der Waals surface area contributed by atoms with Gasteiger partial charge in [-0.2, -0.15) is 13.2 Å². The van der Waals surface area contributed by atoms with Crippen LogP contribution < -0.4 is 10.1 Å². The van der Waals surface area contributed by atoms with E-state index in [2.05, 4.69) is 15.5 Å². The number of halogens is 3. The Morgan fingerprint density at radius 2 is 1.86 bits per heavy atom. The zero-order chi connectivity index (χ0) is 21.0. The molecule has 0 saturated carbocycles. The van der Waals surface area contributed by atoms with Crippen LogP contribution in [-0.4, -0.2) is 27.8 Å². The normalized spacial score (nSPS) is 12.4. The first-order valence-corrected chi connectivity index (χ1v) is 9.30. The predicted molar refractivity (Wildman–Crippen MR) is 103 cm³/mol. The van der Waals surface area contributed by atoms with Gasteiger partial charge in [-0.25, -0.2) is 0 Å². The molecule has 0 bridgehead atoms. The fourth-order valence-electron chi connectivity index (χ4n) is 2.58. The average Bonchev–Trinajstić information content (AvgIpc) is 3.07. The highest BCUT2D eigenvalue weighted by Crippen LogP contribution is 2.37. The maximum absolute atomic E-state index is 13.0. The molecule has 10 heteroatoms. The first-order chi connectivity index (χ1) is 13.8. The lowest BCUT2D eigenvalue weighted by molar-refractivity contribution is -0.147. The summed E-state index contributed by atoms with van der Waals surface area (Å²) in [7, 11) is 2.73. The van der Waals surface area contributed by atoms with E-state index in [1.54, 1.807) is 54.6 Å². The van der Waals surface area contributed by atoms with E-state index in [1.807, 2.05) is 0 Å². The van der Waals surface area contributed by atoms with Gasteiger partial charge in [0.1, 0.15) is 11.0 Å². The number of alkyl halides is 3. The summed E-state index contributed by atoms with van der Waals surface area (Å²) in [6.45, 7) is 0. The molecule has 3 rings (SSSR count). The molecule has 0 aliphatic rings. The number of nitrogens with zero attached hydrogens (tertiary/aromatic N) is 3. The summed E-state index contributed by atoms with van der Waals surface area (Å²) in [5.74, 6) is -0.971. The van der Waals surface area contributed by atoms with Crippen LogP contribution in [0, 0.1) is 0 Å². The lowest BCUT2D eigenvalue weighted by Crippen LogP contribution is -2.20. The Bertz CT molecular complexity index is 993. The Balaban J connectivity index is 1.89. The topological polar surface area (TPSA) is 69.0 Å². The highest BCUT2D eigenvalue weighted by Gasteiger charge is 2.38. The third kappa shape index (κ3) is 4.89. The predicted octanol–water partition coefficient (Wildman–Crippen LogP) is 4.31. The van der Waals surface area contributed by atoms with Gasteiger partial charge in [-0.05, 0) is 17.7 Å². The molecule has 0 fully saturated rings. The van der Waals surface area contributed by atoms with Gasteiger partial charge in [0.25, 0.3) is 0 Å². The molecule has 6 nitrogen and oxygen atoms in total. The molecule has 1 N–H and O–H groups in total. The van der Waals surface area contributed by atoms with E-state index < -0.39 is 23.2 Å². The van der Waals surface area contributed by atoms with Crippen LogP contribution in [-0.2, 0) is 18.0 Å². The van der Waals surface area contributed by atoms with Crippen LogP contribution in [0.3, 0.4) is 0 Å². The number of anilines is 1. The molecule has 1 aromatic heterocycles. The van der Waals surface area contributed by atoms with Gasteiger partial charge in [-0.1, -0.05) is 48.2 Å². The lowest BCUT2D eigenvalue weighted by atomic mass is 10.1.